The van der Waals surface area contributed by atoms with Crippen molar-refractivity contribution in [2.45, 2.75) is 17.7 Å². The lowest BCUT2D eigenvalue weighted by Gasteiger charge is -2.30. The van der Waals surface area contributed by atoms with E-state index in [-0.39, 0.29) is 34.8 Å². The number of rotatable bonds is 6. The predicted octanol–water partition coefficient (Wildman–Crippen LogP) is 4.39. The van der Waals surface area contributed by atoms with Crippen LogP contribution in [0.2, 0.25) is 5.02 Å². The van der Waals surface area contributed by atoms with Crippen molar-refractivity contribution in [2.24, 2.45) is 5.92 Å². The molecule has 1 aliphatic rings. The average Bonchev–Trinajstić information content (AvgIpc) is 3.27. The molecule has 0 atom stereocenters. The van der Waals surface area contributed by atoms with Gasteiger partial charge in [0.05, 0.1) is 24.1 Å². The van der Waals surface area contributed by atoms with Crippen molar-refractivity contribution < 1.29 is 27.5 Å². The molecule has 11 heteroatoms. The molecule has 0 radical (unpaired) electrons. The summed E-state index contributed by atoms with van der Waals surface area (Å²) in [6.45, 7) is 0.465. The zero-order valence-corrected chi connectivity index (χ0v) is 20.9. The minimum atomic E-state index is -3.72. The summed E-state index contributed by atoms with van der Waals surface area (Å²) in [5.41, 5.74) is 0.620. The van der Waals surface area contributed by atoms with Crippen LogP contribution in [-0.4, -0.2) is 51.9 Å². The van der Waals surface area contributed by atoms with Crippen LogP contribution in [0.4, 0.5) is 5.69 Å². The first-order valence-electron chi connectivity index (χ1n) is 10.5. The Balaban J connectivity index is 1.39. The van der Waals surface area contributed by atoms with E-state index < -0.39 is 16.0 Å². The van der Waals surface area contributed by atoms with Gasteiger partial charge < -0.3 is 14.8 Å². The van der Waals surface area contributed by atoms with Crippen LogP contribution >= 0.6 is 22.9 Å². The molecule has 1 aliphatic heterocycles. The van der Waals surface area contributed by atoms with Gasteiger partial charge in [-0.25, -0.2) is 13.2 Å². The summed E-state index contributed by atoms with van der Waals surface area (Å²) in [6, 6.07) is 11.5. The van der Waals surface area contributed by atoms with Crippen LogP contribution in [0.25, 0.3) is 10.1 Å². The number of fused-ring (bicyclic) bond motifs is 1. The summed E-state index contributed by atoms with van der Waals surface area (Å²) >= 11 is 7.42. The smallest absolute Gasteiger partial charge is 0.348 e. The first-order chi connectivity index (χ1) is 16.2. The molecule has 0 bridgehead atoms. The number of esters is 1. The zero-order valence-electron chi connectivity index (χ0n) is 18.5. The summed E-state index contributed by atoms with van der Waals surface area (Å²) in [5, 5.41) is 3.97. The van der Waals surface area contributed by atoms with E-state index in [1.165, 1.54) is 48.1 Å². The highest BCUT2D eigenvalue weighted by atomic mass is 35.5. The fourth-order valence-electron chi connectivity index (χ4n) is 3.88. The van der Waals surface area contributed by atoms with Gasteiger partial charge in [-0.1, -0.05) is 11.6 Å². The Morgan fingerprint density at radius 2 is 1.82 bits per heavy atom. The standard InChI is InChI=1S/C23H23ClN2O6S2/c1-31-19-5-4-17(13-18(19)24)34(29,30)26-9-7-14(8-10-26)22(27)25-16-3-6-20-15(11-16)12-21(33-20)23(28)32-2/h3-6,11-14H,7-10H2,1-2H3,(H,25,27). The third-order valence-electron chi connectivity index (χ3n) is 5.76. The number of methoxy groups -OCH3 is 2. The molecule has 4 rings (SSSR count). The summed E-state index contributed by atoms with van der Waals surface area (Å²) in [5.74, 6) is -0.467. The lowest BCUT2D eigenvalue weighted by molar-refractivity contribution is -0.120. The first kappa shape index (κ1) is 24.5. The van der Waals surface area contributed by atoms with Gasteiger partial charge in [-0.15, -0.1) is 11.3 Å². The van der Waals surface area contributed by atoms with Crippen LogP contribution in [0, 0.1) is 5.92 Å². The Kier molecular flexibility index (Phi) is 7.13. The molecular weight excluding hydrogens is 500 g/mol. The number of nitrogens with one attached hydrogen (secondary N) is 1. The van der Waals surface area contributed by atoms with E-state index >= 15 is 0 Å². The number of anilines is 1. The van der Waals surface area contributed by atoms with Gasteiger partial charge in [0.25, 0.3) is 0 Å². The second-order valence-corrected chi connectivity index (χ2v) is 11.2. The largest absolute Gasteiger partial charge is 0.495 e. The number of ether oxygens (including phenoxy) is 2. The number of carbonyl (C=O) groups is 2. The Morgan fingerprint density at radius 1 is 1.09 bits per heavy atom. The van der Waals surface area contributed by atoms with Crippen LogP contribution in [0.5, 0.6) is 5.75 Å². The maximum Gasteiger partial charge on any atom is 0.348 e. The normalized spacial score (nSPS) is 15.3. The molecule has 34 heavy (non-hydrogen) atoms. The van der Waals surface area contributed by atoms with Gasteiger partial charge in [-0.05, 0) is 60.7 Å². The van der Waals surface area contributed by atoms with Gasteiger partial charge >= 0.3 is 5.97 Å². The number of nitrogens with zero attached hydrogens (tertiary/aromatic N) is 1. The molecule has 2 heterocycles. The molecule has 1 aromatic heterocycles. The molecule has 0 unspecified atom stereocenters. The minimum Gasteiger partial charge on any atom is -0.495 e. The van der Waals surface area contributed by atoms with Crippen molar-refractivity contribution in [1.29, 1.82) is 0 Å². The highest BCUT2D eigenvalue weighted by Crippen LogP contribution is 2.31. The van der Waals surface area contributed by atoms with Gasteiger partial charge in [0, 0.05) is 29.4 Å². The number of carbonyl (C=O) groups excluding carboxylic acids is 2. The lowest BCUT2D eigenvalue weighted by Crippen LogP contribution is -2.41. The molecule has 2 aromatic carbocycles. The number of hydrogen-bond acceptors (Lipinski definition) is 7. The van der Waals surface area contributed by atoms with E-state index in [9.17, 15) is 18.0 Å². The molecule has 1 N–H and O–H groups in total. The zero-order chi connectivity index (χ0) is 24.5. The minimum absolute atomic E-state index is 0.0941. The fraction of sp³-hybridized carbons (Fsp3) is 0.304. The highest BCUT2D eigenvalue weighted by molar-refractivity contribution is 7.89. The molecule has 1 saturated heterocycles. The molecular formula is C23H23ClN2O6S2. The molecule has 0 saturated carbocycles. The second-order valence-electron chi connectivity index (χ2n) is 7.82. The predicted molar refractivity (Wildman–Crippen MR) is 131 cm³/mol. The quantitative estimate of drug-likeness (QED) is 0.482. The Morgan fingerprint density at radius 3 is 2.47 bits per heavy atom. The average molecular weight is 523 g/mol. The van der Waals surface area contributed by atoms with Crippen molar-refractivity contribution in [1.82, 2.24) is 4.31 Å². The van der Waals surface area contributed by atoms with E-state index in [0.717, 1.165) is 10.1 Å². The monoisotopic (exact) mass is 522 g/mol. The Hall–Kier alpha value is -2.66. The highest BCUT2D eigenvalue weighted by Gasteiger charge is 2.32. The number of thiophene rings is 1. The van der Waals surface area contributed by atoms with E-state index in [1.807, 2.05) is 12.1 Å². The Bertz CT molecular complexity index is 1350. The number of sulfonamides is 1. The summed E-state index contributed by atoms with van der Waals surface area (Å²) in [6.07, 6.45) is 0.810. The summed E-state index contributed by atoms with van der Waals surface area (Å²) < 4.78 is 38.1. The molecule has 3 aromatic rings. The SMILES string of the molecule is COC(=O)c1cc2cc(NC(=O)C3CCN(S(=O)(=O)c4ccc(OC)c(Cl)c4)CC3)ccc2s1. The molecule has 8 nitrogen and oxygen atoms in total. The molecule has 1 fully saturated rings. The van der Waals surface area contributed by atoms with Gasteiger partial charge in [0.15, 0.2) is 0 Å². The molecule has 0 spiro atoms. The molecule has 180 valence electrons. The van der Waals surface area contributed by atoms with Crippen LogP contribution in [-0.2, 0) is 19.6 Å². The van der Waals surface area contributed by atoms with Crippen LogP contribution in [0.15, 0.2) is 47.4 Å². The van der Waals surface area contributed by atoms with Gasteiger partial charge in [0.2, 0.25) is 15.9 Å². The van der Waals surface area contributed by atoms with Crippen LogP contribution in [0.1, 0.15) is 22.5 Å². The first-order valence-corrected chi connectivity index (χ1v) is 13.1. The number of amides is 1. The van der Waals surface area contributed by atoms with Crippen molar-refractivity contribution >= 4 is 60.6 Å². The summed E-state index contributed by atoms with van der Waals surface area (Å²) in [4.78, 5) is 25.2. The lowest BCUT2D eigenvalue weighted by atomic mass is 9.97. The maximum atomic E-state index is 13.0. The van der Waals surface area contributed by atoms with Gasteiger partial charge in [-0.3, -0.25) is 4.79 Å². The summed E-state index contributed by atoms with van der Waals surface area (Å²) in [7, 11) is -0.928. The fourth-order valence-corrected chi connectivity index (χ4v) is 6.66. The number of halogens is 1. The van der Waals surface area contributed by atoms with E-state index in [0.29, 0.717) is 29.2 Å². The number of piperidine rings is 1. The van der Waals surface area contributed by atoms with Gasteiger partial charge in [-0.2, -0.15) is 4.31 Å². The van der Waals surface area contributed by atoms with Crippen molar-refractivity contribution in [3.63, 3.8) is 0 Å². The van der Waals surface area contributed by atoms with Crippen molar-refractivity contribution in [3.8, 4) is 5.75 Å². The second kappa shape index (κ2) is 9.91. The third kappa shape index (κ3) is 4.90. The third-order valence-corrected chi connectivity index (χ3v) is 9.04. The van der Waals surface area contributed by atoms with Crippen molar-refractivity contribution in [2.75, 3.05) is 32.6 Å². The molecule has 0 aliphatic carbocycles. The van der Waals surface area contributed by atoms with Gasteiger partial charge in [0.1, 0.15) is 10.6 Å². The Labute approximate surface area is 206 Å². The van der Waals surface area contributed by atoms with E-state index in [4.69, 9.17) is 21.1 Å². The van der Waals surface area contributed by atoms with Crippen LogP contribution < -0.4 is 10.1 Å². The van der Waals surface area contributed by atoms with E-state index in [1.54, 1.807) is 12.1 Å². The number of hydrogen-bond donors (Lipinski definition) is 1. The molecule has 1 amide bonds. The van der Waals surface area contributed by atoms with Crippen LogP contribution in [0.3, 0.4) is 0 Å². The topological polar surface area (TPSA) is 102 Å². The van der Waals surface area contributed by atoms with Crippen molar-refractivity contribution in [3.05, 3.63) is 52.4 Å². The number of benzene rings is 2. The van der Waals surface area contributed by atoms with E-state index in [2.05, 4.69) is 5.32 Å². The maximum absolute atomic E-state index is 13.0.